The fraction of sp³-hybridized carbons (Fsp3) is 1.00. The van der Waals surface area contributed by atoms with Gasteiger partial charge in [-0.3, -0.25) is 0 Å². The molecule has 0 radical (unpaired) electrons. The van der Waals surface area contributed by atoms with E-state index >= 15 is 0 Å². The second-order valence-corrected chi connectivity index (χ2v) is 3.93. The molecule has 2 rings (SSSR count). The van der Waals surface area contributed by atoms with E-state index in [1.54, 1.807) is 0 Å². The number of hydrogen-bond acceptors (Lipinski definition) is 2. The van der Waals surface area contributed by atoms with Crippen molar-refractivity contribution in [1.82, 2.24) is 10.6 Å². The first-order valence-corrected chi connectivity index (χ1v) is 4.93. The first-order chi connectivity index (χ1) is 5.88. The van der Waals surface area contributed by atoms with Gasteiger partial charge in [-0.25, -0.2) is 4.39 Å². The Balaban J connectivity index is 1.91. The van der Waals surface area contributed by atoms with Crippen molar-refractivity contribution in [3.05, 3.63) is 0 Å². The van der Waals surface area contributed by atoms with Gasteiger partial charge in [0.05, 0.1) is 0 Å². The maximum Gasteiger partial charge on any atom is 0.116 e. The molecule has 3 unspecified atom stereocenters. The first-order valence-electron chi connectivity index (χ1n) is 4.93. The summed E-state index contributed by atoms with van der Waals surface area (Å²) in [5.74, 6) is 0.920. The lowest BCUT2D eigenvalue weighted by atomic mass is 9.83. The lowest BCUT2D eigenvalue weighted by Gasteiger charge is -2.30. The Kier molecular flexibility index (Phi) is 2.61. The van der Waals surface area contributed by atoms with E-state index < -0.39 is 6.17 Å². The number of hydrogen-bond donors (Lipinski definition) is 2. The molecule has 0 amide bonds. The third kappa shape index (κ3) is 1.62. The summed E-state index contributed by atoms with van der Waals surface area (Å²) in [7, 11) is 0. The van der Waals surface area contributed by atoms with Crippen molar-refractivity contribution in [2.75, 3.05) is 26.2 Å². The molecule has 2 aliphatic rings. The topological polar surface area (TPSA) is 24.1 Å². The highest BCUT2D eigenvalue weighted by atomic mass is 19.1. The average molecular weight is 172 g/mol. The van der Waals surface area contributed by atoms with E-state index in [-0.39, 0.29) is 0 Å². The minimum absolute atomic E-state index is 0.321. The summed E-state index contributed by atoms with van der Waals surface area (Å²) in [5.41, 5.74) is 0. The van der Waals surface area contributed by atoms with Crippen molar-refractivity contribution in [3.8, 4) is 0 Å². The Morgan fingerprint density at radius 2 is 1.75 bits per heavy atom. The largest absolute Gasteiger partial charge is 0.316 e. The van der Waals surface area contributed by atoms with Crippen LogP contribution in [0.3, 0.4) is 0 Å². The summed E-state index contributed by atoms with van der Waals surface area (Å²) >= 11 is 0. The Labute approximate surface area is 72.9 Å². The van der Waals surface area contributed by atoms with Crippen LogP contribution in [-0.2, 0) is 0 Å². The summed E-state index contributed by atoms with van der Waals surface area (Å²) in [6.45, 7) is 3.69. The zero-order valence-corrected chi connectivity index (χ0v) is 7.35. The first kappa shape index (κ1) is 8.45. The van der Waals surface area contributed by atoms with Crippen LogP contribution in [0.2, 0.25) is 0 Å². The normalized spacial score (nSPS) is 43.2. The molecule has 0 bridgehead atoms. The van der Waals surface area contributed by atoms with Gasteiger partial charge in [0.25, 0.3) is 0 Å². The fourth-order valence-electron chi connectivity index (χ4n) is 2.41. The van der Waals surface area contributed by atoms with Crippen LogP contribution in [0.1, 0.15) is 12.8 Å². The van der Waals surface area contributed by atoms with Gasteiger partial charge < -0.3 is 10.6 Å². The molecule has 2 heterocycles. The van der Waals surface area contributed by atoms with E-state index in [2.05, 4.69) is 10.6 Å². The zero-order chi connectivity index (χ0) is 8.39. The monoisotopic (exact) mass is 172 g/mol. The molecule has 2 aliphatic heterocycles. The van der Waals surface area contributed by atoms with Gasteiger partial charge in [0.1, 0.15) is 6.17 Å². The van der Waals surface area contributed by atoms with E-state index in [4.69, 9.17) is 0 Å². The van der Waals surface area contributed by atoms with Crippen molar-refractivity contribution in [1.29, 1.82) is 0 Å². The Morgan fingerprint density at radius 1 is 1.00 bits per heavy atom. The minimum Gasteiger partial charge on any atom is -0.316 e. The van der Waals surface area contributed by atoms with Crippen LogP contribution in [0.4, 0.5) is 4.39 Å². The van der Waals surface area contributed by atoms with Crippen LogP contribution in [0.5, 0.6) is 0 Å². The van der Waals surface area contributed by atoms with Gasteiger partial charge in [-0.1, -0.05) is 0 Å². The van der Waals surface area contributed by atoms with Gasteiger partial charge in [-0.05, 0) is 44.3 Å². The SMILES string of the molecule is FC1CNCCC1C1CCNC1. The van der Waals surface area contributed by atoms with Crippen LogP contribution in [-0.4, -0.2) is 32.4 Å². The molecular weight excluding hydrogens is 155 g/mol. The van der Waals surface area contributed by atoms with Gasteiger partial charge in [-0.2, -0.15) is 0 Å². The Morgan fingerprint density at radius 3 is 2.42 bits per heavy atom. The average Bonchev–Trinajstić information content (AvgIpc) is 2.57. The summed E-state index contributed by atoms with van der Waals surface area (Å²) < 4.78 is 13.4. The van der Waals surface area contributed by atoms with Gasteiger partial charge in [0.15, 0.2) is 0 Å². The molecule has 0 saturated carbocycles. The summed E-state index contributed by atoms with van der Waals surface area (Å²) in [5, 5.41) is 6.40. The highest BCUT2D eigenvalue weighted by Crippen LogP contribution is 2.28. The van der Waals surface area contributed by atoms with Gasteiger partial charge >= 0.3 is 0 Å². The van der Waals surface area contributed by atoms with E-state index in [1.165, 1.54) is 6.42 Å². The van der Waals surface area contributed by atoms with Crippen molar-refractivity contribution < 1.29 is 4.39 Å². The molecule has 0 aromatic carbocycles. The van der Waals surface area contributed by atoms with Crippen LogP contribution >= 0.6 is 0 Å². The Bertz CT molecular complexity index is 145. The molecule has 0 aliphatic carbocycles. The van der Waals surface area contributed by atoms with E-state index in [0.717, 1.165) is 26.1 Å². The molecule has 2 nitrogen and oxygen atoms in total. The number of piperidine rings is 1. The minimum atomic E-state index is -0.608. The van der Waals surface area contributed by atoms with Gasteiger partial charge in [0, 0.05) is 6.54 Å². The number of nitrogens with one attached hydrogen (secondary N) is 2. The van der Waals surface area contributed by atoms with Crippen molar-refractivity contribution in [3.63, 3.8) is 0 Å². The molecule has 2 saturated heterocycles. The molecule has 0 aromatic rings. The predicted octanol–water partition coefficient (Wildman–Crippen LogP) is 0.543. The predicted molar refractivity (Wildman–Crippen MR) is 46.8 cm³/mol. The highest BCUT2D eigenvalue weighted by molar-refractivity contribution is 4.86. The van der Waals surface area contributed by atoms with Gasteiger partial charge in [-0.15, -0.1) is 0 Å². The van der Waals surface area contributed by atoms with Crippen LogP contribution < -0.4 is 10.6 Å². The van der Waals surface area contributed by atoms with Gasteiger partial charge in [0.2, 0.25) is 0 Å². The maximum atomic E-state index is 13.4. The standard InChI is InChI=1S/C9H17FN2/c10-9-6-12-4-2-8(9)7-1-3-11-5-7/h7-9,11-12H,1-6H2. The molecule has 2 N–H and O–H groups in total. The van der Waals surface area contributed by atoms with Crippen LogP contribution in [0.25, 0.3) is 0 Å². The van der Waals surface area contributed by atoms with E-state index in [9.17, 15) is 4.39 Å². The summed E-state index contributed by atoms with van der Waals surface area (Å²) in [6.07, 6.45) is 1.59. The van der Waals surface area contributed by atoms with Crippen molar-refractivity contribution in [2.45, 2.75) is 19.0 Å². The van der Waals surface area contributed by atoms with E-state index in [0.29, 0.717) is 18.4 Å². The lowest BCUT2D eigenvalue weighted by molar-refractivity contribution is 0.133. The third-order valence-electron chi connectivity index (χ3n) is 3.16. The van der Waals surface area contributed by atoms with Crippen molar-refractivity contribution in [2.24, 2.45) is 11.8 Å². The zero-order valence-electron chi connectivity index (χ0n) is 7.35. The Hall–Kier alpha value is -0.150. The second-order valence-electron chi connectivity index (χ2n) is 3.93. The fourth-order valence-corrected chi connectivity index (χ4v) is 2.41. The van der Waals surface area contributed by atoms with Crippen LogP contribution in [0.15, 0.2) is 0 Å². The van der Waals surface area contributed by atoms with Crippen molar-refractivity contribution >= 4 is 0 Å². The van der Waals surface area contributed by atoms with E-state index in [1.807, 2.05) is 0 Å². The summed E-state index contributed by atoms with van der Waals surface area (Å²) in [6, 6.07) is 0. The molecule has 12 heavy (non-hydrogen) atoms. The quantitative estimate of drug-likeness (QED) is 0.603. The molecule has 2 fully saturated rings. The smallest absolute Gasteiger partial charge is 0.116 e. The number of halogens is 1. The molecule has 0 aromatic heterocycles. The third-order valence-corrected chi connectivity index (χ3v) is 3.16. The molecule has 3 atom stereocenters. The molecular formula is C9H17FN2. The molecule has 70 valence electrons. The molecule has 0 spiro atoms. The lowest BCUT2D eigenvalue weighted by Crippen LogP contribution is -2.41. The van der Waals surface area contributed by atoms with Crippen LogP contribution in [0, 0.1) is 11.8 Å². The second kappa shape index (κ2) is 3.71. The number of alkyl halides is 1. The summed E-state index contributed by atoms with van der Waals surface area (Å²) in [4.78, 5) is 0. The number of rotatable bonds is 1. The molecule has 3 heteroatoms. The maximum absolute atomic E-state index is 13.4. The highest BCUT2D eigenvalue weighted by Gasteiger charge is 2.33.